The topological polar surface area (TPSA) is 71.1 Å². The van der Waals surface area contributed by atoms with Crippen molar-refractivity contribution in [1.29, 1.82) is 0 Å². The number of esters is 2. The predicted molar refractivity (Wildman–Crippen MR) is 93.2 cm³/mol. The van der Waals surface area contributed by atoms with Crippen molar-refractivity contribution in [3.8, 4) is 0 Å². The zero-order valence-corrected chi connectivity index (χ0v) is 15.6. The van der Waals surface area contributed by atoms with Gasteiger partial charge in [-0.25, -0.2) is 0 Å². The third-order valence-corrected chi connectivity index (χ3v) is 6.72. The minimum Gasteiger partial charge on any atom is -0.392 e. The van der Waals surface area contributed by atoms with Crippen LogP contribution in [-0.2, 0) is 35.1 Å². The molecule has 3 aliphatic carbocycles. The molecule has 1 aromatic rings. The normalized spacial score (nSPS) is 41.3. The zero-order chi connectivity index (χ0) is 18.8. The Kier molecular flexibility index (Phi) is 3.77. The second kappa shape index (κ2) is 5.87. The molecule has 2 aliphatic heterocycles. The first kappa shape index (κ1) is 17.3. The lowest BCUT2D eigenvalue weighted by Crippen LogP contribution is -2.64. The maximum atomic E-state index is 12.9. The number of fused-ring (bicyclic) bond motifs is 1. The second-order valence-corrected chi connectivity index (χ2v) is 8.62. The number of carbonyl (C=O) groups is 2. The first-order valence-electron chi connectivity index (χ1n) is 9.66. The molecule has 144 valence electrons. The van der Waals surface area contributed by atoms with E-state index in [1.165, 1.54) is 0 Å². The zero-order valence-electron chi connectivity index (χ0n) is 15.6. The highest BCUT2D eigenvalue weighted by Crippen LogP contribution is 2.63. The molecule has 0 spiro atoms. The van der Waals surface area contributed by atoms with Crippen molar-refractivity contribution >= 4 is 11.9 Å². The molecule has 0 radical (unpaired) electrons. The van der Waals surface area contributed by atoms with Crippen LogP contribution in [0.5, 0.6) is 0 Å². The Labute approximate surface area is 158 Å². The predicted octanol–water partition coefficient (Wildman–Crippen LogP) is 2.45. The van der Waals surface area contributed by atoms with Gasteiger partial charge in [-0.05, 0) is 32.3 Å². The van der Waals surface area contributed by atoms with E-state index in [1.54, 1.807) is 0 Å². The van der Waals surface area contributed by atoms with Gasteiger partial charge < -0.3 is 18.9 Å². The fraction of sp³-hybridized carbons (Fsp3) is 0.619. The quantitative estimate of drug-likeness (QED) is 0.597. The van der Waals surface area contributed by atoms with E-state index in [0.29, 0.717) is 6.61 Å². The number of ether oxygens (including phenoxy) is 4. The summed E-state index contributed by atoms with van der Waals surface area (Å²) in [6, 6.07) is 9.81. The van der Waals surface area contributed by atoms with Crippen LogP contribution in [0.15, 0.2) is 30.3 Å². The minimum atomic E-state index is -0.959. The van der Waals surface area contributed by atoms with Crippen molar-refractivity contribution in [2.75, 3.05) is 6.61 Å². The minimum absolute atomic E-state index is 0.0685. The van der Waals surface area contributed by atoms with Crippen molar-refractivity contribution in [2.24, 2.45) is 23.2 Å². The van der Waals surface area contributed by atoms with E-state index in [2.05, 4.69) is 0 Å². The van der Waals surface area contributed by atoms with Crippen LogP contribution in [0.1, 0.15) is 32.3 Å². The highest BCUT2D eigenvalue weighted by Gasteiger charge is 2.75. The van der Waals surface area contributed by atoms with Crippen LogP contribution in [0.3, 0.4) is 0 Å². The lowest BCUT2D eigenvalue weighted by atomic mass is 9.49. The van der Waals surface area contributed by atoms with Gasteiger partial charge in [0.2, 0.25) is 0 Å². The van der Waals surface area contributed by atoms with Crippen LogP contribution in [0.25, 0.3) is 0 Å². The lowest BCUT2D eigenvalue weighted by molar-refractivity contribution is -0.184. The third-order valence-electron chi connectivity index (χ3n) is 6.72. The van der Waals surface area contributed by atoms with E-state index in [9.17, 15) is 9.59 Å². The SMILES string of the molecule is CC1(C)OC2C3CCC(C2O1)C1(COCc2ccccc2)C(=O)OC(=O)C31. The molecule has 5 fully saturated rings. The summed E-state index contributed by atoms with van der Waals surface area (Å²) in [6.07, 6.45) is 1.30. The maximum Gasteiger partial charge on any atom is 0.323 e. The van der Waals surface area contributed by atoms with Gasteiger partial charge in [0.05, 0.1) is 31.3 Å². The summed E-state index contributed by atoms with van der Waals surface area (Å²) >= 11 is 0. The van der Waals surface area contributed by atoms with Crippen LogP contribution in [0, 0.1) is 23.2 Å². The van der Waals surface area contributed by atoms with Gasteiger partial charge in [-0.3, -0.25) is 9.59 Å². The summed E-state index contributed by atoms with van der Waals surface area (Å²) in [7, 11) is 0. The molecule has 2 heterocycles. The number of hydrogen-bond donors (Lipinski definition) is 0. The largest absolute Gasteiger partial charge is 0.392 e. The van der Waals surface area contributed by atoms with Gasteiger partial charge in [-0.1, -0.05) is 30.3 Å². The summed E-state index contributed by atoms with van der Waals surface area (Å²) in [5.74, 6) is -2.28. The Morgan fingerprint density at radius 2 is 1.81 bits per heavy atom. The monoisotopic (exact) mass is 372 g/mol. The highest BCUT2D eigenvalue weighted by atomic mass is 16.8. The van der Waals surface area contributed by atoms with Crippen LogP contribution in [-0.4, -0.2) is 36.5 Å². The fourth-order valence-electron chi connectivity index (χ4n) is 5.76. The van der Waals surface area contributed by atoms with Crippen molar-refractivity contribution in [3.63, 3.8) is 0 Å². The fourth-order valence-corrected chi connectivity index (χ4v) is 5.76. The first-order valence-corrected chi connectivity index (χ1v) is 9.66. The van der Waals surface area contributed by atoms with E-state index in [4.69, 9.17) is 18.9 Å². The van der Waals surface area contributed by atoms with Crippen LogP contribution < -0.4 is 0 Å². The summed E-state index contributed by atoms with van der Waals surface area (Å²) in [4.78, 5) is 25.5. The number of cyclic esters (lactones) is 2. The molecule has 6 heteroatoms. The molecule has 2 bridgehead atoms. The van der Waals surface area contributed by atoms with Gasteiger partial charge in [0, 0.05) is 11.8 Å². The first-order chi connectivity index (χ1) is 12.9. The maximum absolute atomic E-state index is 12.9. The highest BCUT2D eigenvalue weighted by molar-refractivity contribution is 6.00. The van der Waals surface area contributed by atoms with Crippen LogP contribution in [0.4, 0.5) is 0 Å². The molecule has 3 saturated carbocycles. The van der Waals surface area contributed by atoms with E-state index < -0.39 is 29.1 Å². The van der Waals surface area contributed by atoms with Gasteiger partial charge in [0.25, 0.3) is 0 Å². The average molecular weight is 372 g/mol. The Bertz CT molecular complexity index is 774. The molecule has 27 heavy (non-hydrogen) atoms. The molecule has 1 aromatic carbocycles. The molecule has 6 unspecified atom stereocenters. The molecule has 5 aliphatic rings. The van der Waals surface area contributed by atoms with Gasteiger partial charge >= 0.3 is 11.9 Å². The van der Waals surface area contributed by atoms with Crippen molar-refractivity contribution in [1.82, 2.24) is 0 Å². The molecule has 0 amide bonds. The lowest BCUT2D eigenvalue weighted by Gasteiger charge is -2.54. The Hall–Kier alpha value is -1.76. The van der Waals surface area contributed by atoms with Crippen molar-refractivity contribution < 1.29 is 28.5 Å². The van der Waals surface area contributed by atoms with Crippen molar-refractivity contribution in [2.45, 2.75) is 51.3 Å². The summed E-state index contributed by atoms with van der Waals surface area (Å²) in [6.45, 7) is 4.34. The van der Waals surface area contributed by atoms with Crippen LogP contribution >= 0.6 is 0 Å². The molecule has 0 N–H and O–H groups in total. The standard InChI is InChI=1S/C21H24O6/c1-20(2)26-16-13-8-9-14(17(16)27-20)21(15(13)18(22)25-19(21)23)11-24-10-12-6-4-3-5-7-12/h3-7,13-17H,8-11H2,1-2H3. The summed E-state index contributed by atoms with van der Waals surface area (Å²) in [5, 5.41) is 0. The number of hydrogen-bond acceptors (Lipinski definition) is 6. The van der Waals surface area contributed by atoms with E-state index >= 15 is 0 Å². The van der Waals surface area contributed by atoms with Gasteiger partial charge in [-0.15, -0.1) is 0 Å². The van der Waals surface area contributed by atoms with Gasteiger partial charge in [-0.2, -0.15) is 0 Å². The Morgan fingerprint density at radius 3 is 2.59 bits per heavy atom. The van der Waals surface area contributed by atoms with E-state index in [-0.39, 0.29) is 30.7 Å². The Morgan fingerprint density at radius 1 is 1.07 bits per heavy atom. The van der Waals surface area contributed by atoms with Crippen LogP contribution in [0.2, 0.25) is 0 Å². The number of rotatable bonds is 4. The van der Waals surface area contributed by atoms with Gasteiger partial charge in [0.1, 0.15) is 5.41 Å². The summed E-state index contributed by atoms with van der Waals surface area (Å²) in [5.41, 5.74) is 0.0725. The van der Waals surface area contributed by atoms with Gasteiger partial charge in [0.15, 0.2) is 5.79 Å². The Balaban J connectivity index is 1.45. The smallest absolute Gasteiger partial charge is 0.323 e. The molecule has 6 nitrogen and oxygen atoms in total. The number of benzene rings is 1. The summed E-state index contributed by atoms with van der Waals surface area (Å²) < 4.78 is 23.4. The number of carbonyl (C=O) groups excluding carboxylic acids is 2. The molecule has 6 atom stereocenters. The molecular weight excluding hydrogens is 348 g/mol. The molecular formula is C21H24O6. The molecule has 0 aromatic heterocycles. The van der Waals surface area contributed by atoms with E-state index in [1.807, 2.05) is 44.2 Å². The van der Waals surface area contributed by atoms with E-state index in [0.717, 1.165) is 18.4 Å². The average Bonchev–Trinajstić information content (AvgIpc) is 3.11. The molecule has 6 rings (SSSR count). The molecule has 2 saturated heterocycles. The third kappa shape index (κ3) is 2.43. The van der Waals surface area contributed by atoms with Crippen molar-refractivity contribution in [3.05, 3.63) is 35.9 Å². The second-order valence-electron chi connectivity index (χ2n) is 8.62.